The Hall–Kier alpha value is -1.81. The molecule has 21 heavy (non-hydrogen) atoms. The summed E-state index contributed by atoms with van der Waals surface area (Å²) >= 11 is 0. The number of methoxy groups -OCH3 is 1. The highest BCUT2D eigenvalue weighted by atomic mass is 16.5. The number of carbonyl (C=O) groups is 1. The summed E-state index contributed by atoms with van der Waals surface area (Å²) in [6.45, 7) is 0.643. The molecule has 1 aliphatic carbocycles. The number of ether oxygens (including phenoxy) is 2. The molecule has 0 radical (unpaired) electrons. The molecule has 4 rings (SSSR count). The summed E-state index contributed by atoms with van der Waals surface area (Å²) in [5, 5.41) is 0. The minimum atomic E-state index is -0.242. The Labute approximate surface area is 124 Å². The Kier molecular flexibility index (Phi) is 2.82. The van der Waals surface area contributed by atoms with Crippen molar-refractivity contribution in [2.45, 2.75) is 31.5 Å². The van der Waals surface area contributed by atoms with Gasteiger partial charge in [0, 0.05) is 5.56 Å². The predicted octanol–water partition coefficient (Wildman–Crippen LogP) is 2.66. The summed E-state index contributed by atoms with van der Waals surface area (Å²) in [4.78, 5) is 14.9. The Morgan fingerprint density at radius 2 is 1.95 bits per heavy atom. The van der Waals surface area contributed by atoms with Crippen LogP contribution in [0.2, 0.25) is 0 Å². The van der Waals surface area contributed by atoms with E-state index in [1.807, 2.05) is 29.2 Å². The lowest BCUT2D eigenvalue weighted by Crippen LogP contribution is -2.35. The molecule has 1 aromatic rings. The number of hydrogen-bond donors (Lipinski definition) is 0. The molecule has 2 saturated heterocycles. The van der Waals surface area contributed by atoms with Crippen molar-refractivity contribution < 1.29 is 14.3 Å². The van der Waals surface area contributed by atoms with Gasteiger partial charge < -0.3 is 14.4 Å². The van der Waals surface area contributed by atoms with E-state index in [2.05, 4.69) is 12.2 Å². The first-order chi connectivity index (χ1) is 10.2. The number of amides is 1. The average molecular weight is 285 g/mol. The van der Waals surface area contributed by atoms with Gasteiger partial charge in [-0.1, -0.05) is 24.3 Å². The van der Waals surface area contributed by atoms with Crippen molar-refractivity contribution in [1.82, 2.24) is 4.90 Å². The number of rotatable bonds is 2. The summed E-state index contributed by atoms with van der Waals surface area (Å²) in [6, 6.07) is 8.03. The number of allylic oxidation sites excluding steroid dienone is 2. The highest BCUT2D eigenvalue weighted by Gasteiger charge is 2.56. The van der Waals surface area contributed by atoms with Crippen molar-refractivity contribution in [2.75, 3.05) is 13.7 Å². The van der Waals surface area contributed by atoms with Gasteiger partial charge in [0.25, 0.3) is 0 Å². The maximum absolute atomic E-state index is 12.9. The SMILES string of the molecule is COc1ccc([C@H]2OC[C@@H]3CC4(CC=CC4)C(=O)N32)cc1. The Morgan fingerprint density at radius 1 is 1.24 bits per heavy atom. The van der Waals surface area contributed by atoms with Gasteiger partial charge in [-0.15, -0.1) is 0 Å². The van der Waals surface area contributed by atoms with Crippen LogP contribution in [0.25, 0.3) is 0 Å². The fourth-order valence-corrected chi connectivity index (χ4v) is 3.86. The van der Waals surface area contributed by atoms with E-state index in [9.17, 15) is 4.79 Å². The van der Waals surface area contributed by atoms with Crippen molar-refractivity contribution in [3.8, 4) is 5.75 Å². The third kappa shape index (κ3) is 1.82. The number of carbonyl (C=O) groups excluding carboxylic acids is 1. The first kappa shape index (κ1) is 12.9. The summed E-state index contributed by atoms with van der Waals surface area (Å²) in [7, 11) is 1.65. The largest absolute Gasteiger partial charge is 0.497 e. The normalized spacial score (nSPS) is 29.4. The Bertz CT molecular complexity index is 585. The quantitative estimate of drug-likeness (QED) is 0.784. The van der Waals surface area contributed by atoms with E-state index in [1.165, 1.54) is 0 Å². The molecular formula is C17H19NO3. The first-order valence-electron chi connectivity index (χ1n) is 7.47. The summed E-state index contributed by atoms with van der Waals surface area (Å²) in [6.07, 6.45) is 6.73. The van der Waals surface area contributed by atoms with Crippen molar-refractivity contribution in [3.63, 3.8) is 0 Å². The smallest absolute Gasteiger partial charge is 0.232 e. The fraction of sp³-hybridized carbons (Fsp3) is 0.471. The molecule has 2 aliphatic heterocycles. The molecule has 4 heteroatoms. The van der Waals surface area contributed by atoms with Crippen molar-refractivity contribution >= 4 is 5.91 Å². The molecule has 1 aromatic carbocycles. The summed E-state index contributed by atoms with van der Waals surface area (Å²) < 4.78 is 11.1. The van der Waals surface area contributed by atoms with Gasteiger partial charge in [-0.05, 0) is 31.4 Å². The van der Waals surface area contributed by atoms with Gasteiger partial charge >= 0.3 is 0 Å². The van der Waals surface area contributed by atoms with Gasteiger partial charge in [0.2, 0.25) is 5.91 Å². The van der Waals surface area contributed by atoms with Crippen LogP contribution in [0.5, 0.6) is 5.75 Å². The molecular weight excluding hydrogens is 266 g/mol. The standard InChI is InChI=1S/C17H19NO3/c1-20-14-6-4-12(5-7-14)15-18-13(11-21-15)10-17(16(18)19)8-2-3-9-17/h2-7,13,15H,8-11H2,1H3/t13-,15+/m0/s1. The van der Waals surface area contributed by atoms with E-state index < -0.39 is 0 Å². The molecule has 2 heterocycles. The third-order valence-electron chi connectivity index (χ3n) is 4.99. The van der Waals surface area contributed by atoms with Gasteiger partial charge in [0.1, 0.15) is 5.75 Å². The lowest BCUT2D eigenvalue weighted by Gasteiger charge is -2.26. The first-order valence-corrected chi connectivity index (χ1v) is 7.47. The molecule has 0 N–H and O–H groups in total. The zero-order valence-corrected chi connectivity index (χ0v) is 12.1. The second-order valence-corrected chi connectivity index (χ2v) is 6.19. The van der Waals surface area contributed by atoms with Crippen molar-refractivity contribution in [1.29, 1.82) is 0 Å². The van der Waals surface area contributed by atoms with Gasteiger partial charge in [-0.3, -0.25) is 4.79 Å². The van der Waals surface area contributed by atoms with Crippen LogP contribution in [-0.2, 0) is 9.53 Å². The molecule has 3 aliphatic rings. The lowest BCUT2D eigenvalue weighted by molar-refractivity contribution is -0.142. The highest BCUT2D eigenvalue weighted by molar-refractivity contribution is 5.87. The van der Waals surface area contributed by atoms with Crippen LogP contribution in [0.1, 0.15) is 31.1 Å². The third-order valence-corrected chi connectivity index (χ3v) is 4.99. The number of nitrogens with zero attached hydrogens (tertiary/aromatic N) is 1. The molecule has 2 atom stereocenters. The van der Waals surface area contributed by atoms with Crippen LogP contribution >= 0.6 is 0 Å². The van der Waals surface area contributed by atoms with Crippen LogP contribution < -0.4 is 4.74 Å². The molecule has 110 valence electrons. The van der Waals surface area contributed by atoms with E-state index in [0.29, 0.717) is 6.61 Å². The minimum Gasteiger partial charge on any atom is -0.497 e. The molecule has 0 unspecified atom stereocenters. The molecule has 1 amide bonds. The minimum absolute atomic E-state index is 0.181. The predicted molar refractivity (Wildman–Crippen MR) is 77.7 cm³/mol. The van der Waals surface area contributed by atoms with Crippen LogP contribution in [0.15, 0.2) is 36.4 Å². The molecule has 4 nitrogen and oxygen atoms in total. The monoisotopic (exact) mass is 285 g/mol. The zero-order valence-electron chi connectivity index (χ0n) is 12.1. The van der Waals surface area contributed by atoms with E-state index in [4.69, 9.17) is 9.47 Å². The maximum atomic E-state index is 12.9. The summed E-state index contributed by atoms with van der Waals surface area (Å²) in [5.74, 6) is 1.08. The number of hydrogen-bond acceptors (Lipinski definition) is 3. The van der Waals surface area contributed by atoms with E-state index >= 15 is 0 Å². The van der Waals surface area contributed by atoms with Crippen LogP contribution in [0.4, 0.5) is 0 Å². The second-order valence-electron chi connectivity index (χ2n) is 6.19. The van der Waals surface area contributed by atoms with Gasteiger partial charge in [-0.2, -0.15) is 0 Å². The van der Waals surface area contributed by atoms with Gasteiger partial charge in [0.05, 0.1) is 25.2 Å². The zero-order chi connectivity index (χ0) is 14.4. The van der Waals surface area contributed by atoms with Gasteiger partial charge in [0.15, 0.2) is 6.23 Å². The molecule has 0 saturated carbocycles. The maximum Gasteiger partial charge on any atom is 0.232 e. The van der Waals surface area contributed by atoms with Crippen molar-refractivity contribution in [3.05, 3.63) is 42.0 Å². The van der Waals surface area contributed by atoms with Crippen LogP contribution in [0, 0.1) is 5.41 Å². The topological polar surface area (TPSA) is 38.8 Å². The fourth-order valence-electron chi connectivity index (χ4n) is 3.86. The van der Waals surface area contributed by atoms with Crippen molar-refractivity contribution in [2.24, 2.45) is 5.41 Å². The van der Waals surface area contributed by atoms with Crippen LogP contribution in [0.3, 0.4) is 0 Å². The highest BCUT2D eigenvalue weighted by Crippen LogP contribution is 2.51. The lowest BCUT2D eigenvalue weighted by atomic mass is 9.82. The van der Waals surface area contributed by atoms with Crippen LogP contribution in [-0.4, -0.2) is 30.6 Å². The molecule has 0 bridgehead atoms. The van der Waals surface area contributed by atoms with E-state index in [1.54, 1.807) is 7.11 Å². The molecule has 0 aromatic heterocycles. The Balaban J connectivity index is 1.61. The molecule has 2 fully saturated rings. The van der Waals surface area contributed by atoms with E-state index in [-0.39, 0.29) is 23.6 Å². The average Bonchev–Trinajstić information content (AvgIpc) is 3.20. The second kappa shape index (κ2) is 4.60. The summed E-state index contributed by atoms with van der Waals surface area (Å²) in [5.41, 5.74) is 0.841. The number of benzene rings is 1. The van der Waals surface area contributed by atoms with E-state index in [0.717, 1.165) is 30.6 Å². The van der Waals surface area contributed by atoms with Gasteiger partial charge in [-0.25, -0.2) is 0 Å². The Morgan fingerprint density at radius 3 is 2.62 bits per heavy atom. The molecule has 1 spiro atoms. The number of fused-ring (bicyclic) bond motifs is 1.